The van der Waals surface area contributed by atoms with E-state index in [4.69, 9.17) is 0 Å². The van der Waals surface area contributed by atoms with Gasteiger partial charge < -0.3 is 20.8 Å². The fourth-order valence-electron chi connectivity index (χ4n) is 7.27. The zero-order chi connectivity index (χ0) is 25.5. The van der Waals surface area contributed by atoms with E-state index in [0.717, 1.165) is 25.7 Å². The van der Waals surface area contributed by atoms with E-state index in [2.05, 4.69) is 77.8 Å². The molecule has 192 valence electrons. The highest BCUT2D eigenvalue weighted by Gasteiger charge is 2.58. The summed E-state index contributed by atoms with van der Waals surface area (Å²) in [6.07, 6.45) is 4.21. The van der Waals surface area contributed by atoms with Gasteiger partial charge in [-0.2, -0.15) is 0 Å². The molecule has 1 atom stereocenters. The molecule has 0 radical (unpaired) electrons. The average molecular weight is 468 g/mol. The number of nitrogens with zero attached hydrogens (tertiary/aromatic N) is 1. The molecule has 0 bridgehead atoms. The Morgan fingerprint density at radius 2 is 1.27 bits per heavy atom. The van der Waals surface area contributed by atoms with Crippen molar-refractivity contribution >= 4 is 11.9 Å². The Balaban J connectivity index is 2.68. The number of carbonyl (C=O) groups is 2. The van der Waals surface area contributed by atoms with Gasteiger partial charge in [-0.25, -0.2) is 0 Å². The van der Waals surface area contributed by atoms with E-state index < -0.39 is 17.5 Å². The number of carboxylic acid groups (broad SMARTS) is 2. The summed E-state index contributed by atoms with van der Waals surface area (Å²) in [5.41, 5.74) is -2.36. The topological polar surface area (TPSA) is 102 Å². The van der Waals surface area contributed by atoms with E-state index in [0.29, 0.717) is 19.4 Å². The number of hydrogen-bond acceptors (Lipinski definition) is 5. The van der Waals surface area contributed by atoms with Gasteiger partial charge >= 0.3 is 11.9 Å². The quantitative estimate of drug-likeness (QED) is 0.402. The molecule has 33 heavy (non-hydrogen) atoms. The van der Waals surface area contributed by atoms with Crippen LogP contribution in [0.3, 0.4) is 0 Å². The van der Waals surface area contributed by atoms with Gasteiger partial charge in [0.2, 0.25) is 0 Å². The van der Waals surface area contributed by atoms with Crippen LogP contribution in [0.25, 0.3) is 0 Å². The van der Waals surface area contributed by atoms with Gasteiger partial charge in [-0.3, -0.25) is 14.5 Å². The van der Waals surface area contributed by atoms with E-state index in [1.807, 2.05) is 0 Å². The van der Waals surface area contributed by atoms with Crippen LogP contribution in [0, 0.1) is 5.92 Å². The van der Waals surface area contributed by atoms with Crippen molar-refractivity contribution in [2.75, 3.05) is 6.54 Å². The zero-order valence-corrected chi connectivity index (χ0v) is 22.5. The predicted molar refractivity (Wildman–Crippen MR) is 133 cm³/mol. The third-order valence-electron chi connectivity index (χ3n) is 7.53. The largest absolute Gasteiger partial charge is 0.481 e. The van der Waals surface area contributed by atoms with Crippen LogP contribution in [-0.2, 0) is 9.59 Å². The van der Waals surface area contributed by atoms with E-state index in [9.17, 15) is 19.8 Å². The fourth-order valence-corrected chi connectivity index (χ4v) is 7.27. The third-order valence-corrected chi connectivity index (χ3v) is 7.53. The van der Waals surface area contributed by atoms with Gasteiger partial charge in [0.1, 0.15) is 5.54 Å². The Morgan fingerprint density at radius 3 is 1.64 bits per heavy atom. The van der Waals surface area contributed by atoms with Crippen LogP contribution >= 0.6 is 0 Å². The highest BCUT2D eigenvalue weighted by molar-refractivity contribution is 5.85. The minimum absolute atomic E-state index is 0.0145. The number of rotatable bonds is 9. The van der Waals surface area contributed by atoms with Crippen LogP contribution in [0.2, 0.25) is 0 Å². The molecule has 7 nitrogen and oxygen atoms in total. The van der Waals surface area contributed by atoms with E-state index in [1.54, 1.807) is 0 Å². The van der Waals surface area contributed by atoms with Gasteiger partial charge in [0.05, 0.1) is 6.42 Å². The molecule has 2 fully saturated rings. The molecule has 2 heterocycles. The molecule has 2 rings (SSSR count). The fraction of sp³-hybridized carbons (Fsp3) is 0.923. The lowest BCUT2D eigenvalue weighted by Gasteiger charge is -2.58. The SMILES string of the molecule is CCCCN(C1CC(C)(C)NC(C)(C)C1)[C@@](CC(=O)O)(C(=O)O)C1CC(C)(C)NC(C)(C)C1. The van der Waals surface area contributed by atoms with Gasteiger partial charge in [-0.15, -0.1) is 0 Å². The number of unbranched alkanes of at least 4 members (excludes halogenated alkanes) is 1. The van der Waals surface area contributed by atoms with Crippen LogP contribution in [0.4, 0.5) is 0 Å². The standard InChI is InChI=1S/C26H49N3O4/c1-10-11-12-29(19-15-24(6,7)28-25(8,9)16-19)26(21(32)33,17-20(30)31)18-13-22(2,3)27-23(4,5)14-18/h18-19,27-28H,10-17H2,1-9H3,(H,30,31)(H,32,33)/t26-/m1/s1. The van der Waals surface area contributed by atoms with Gasteiger partial charge in [-0.1, -0.05) is 13.3 Å². The molecule has 0 aromatic heterocycles. The summed E-state index contributed by atoms with van der Waals surface area (Å²) in [4.78, 5) is 27.7. The molecule has 2 aliphatic rings. The maximum Gasteiger partial charge on any atom is 0.325 e. The molecular weight excluding hydrogens is 418 g/mol. The Kier molecular flexibility index (Phi) is 8.05. The van der Waals surface area contributed by atoms with Crippen LogP contribution < -0.4 is 10.6 Å². The zero-order valence-electron chi connectivity index (χ0n) is 22.5. The molecule has 0 aromatic rings. The average Bonchev–Trinajstić information content (AvgIpc) is 2.54. The first kappa shape index (κ1) is 28.1. The third kappa shape index (κ3) is 6.70. The normalized spacial score (nSPS) is 26.6. The first-order valence-electron chi connectivity index (χ1n) is 12.7. The van der Waals surface area contributed by atoms with Crippen molar-refractivity contribution in [1.29, 1.82) is 0 Å². The van der Waals surface area contributed by atoms with Crippen molar-refractivity contribution in [2.24, 2.45) is 5.92 Å². The predicted octanol–water partition coefficient (Wildman–Crippen LogP) is 4.25. The Bertz CT molecular complexity index is 699. The monoisotopic (exact) mass is 467 g/mol. The highest BCUT2D eigenvalue weighted by atomic mass is 16.4. The second kappa shape index (κ2) is 9.46. The van der Waals surface area contributed by atoms with Crippen molar-refractivity contribution in [1.82, 2.24) is 15.5 Å². The van der Waals surface area contributed by atoms with E-state index in [-0.39, 0.29) is 40.5 Å². The summed E-state index contributed by atoms with van der Waals surface area (Å²) in [5.74, 6) is -2.32. The van der Waals surface area contributed by atoms with E-state index in [1.165, 1.54) is 0 Å². The molecule has 0 spiro atoms. The number of nitrogens with one attached hydrogen (secondary N) is 2. The summed E-state index contributed by atoms with van der Waals surface area (Å²) >= 11 is 0. The van der Waals surface area contributed by atoms with Crippen molar-refractivity contribution in [3.8, 4) is 0 Å². The summed E-state index contributed by atoms with van der Waals surface area (Å²) in [6.45, 7) is 19.7. The first-order chi connectivity index (χ1) is 14.8. The summed E-state index contributed by atoms with van der Waals surface area (Å²) in [6, 6.07) is -0.0145. The van der Waals surface area contributed by atoms with Crippen molar-refractivity contribution in [2.45, 2.75) is 141 Å². The Labute approximate surface area is 201 Å². The minimum atomic E-state index is -1.45. The van der Waals surface area contributed by atoms with Crippen LogP contribution in [0.1, 0.15) is 107 Å². The molecule has 0 aliphatic carbocycles. The molecule has 2 saturated heterocycles. The number of hydrogen-bond donors (Lipinski definition) is 4. The molecule has 2 aliphatic heterocycles. The summed E-state index contributed by atoms with van der Waals surface area (Å²) in [7, 11) is 0. The van der Waals surface area contributed by atoms with E-state index >= 15 is 0 Å². The molecular formula is C26H49N3O4. The van der Waals surface area contributed by atoms with Crippen LogP contribution in [-0.4, -0.2) is 67.3 Å². The van der Waals surface area contributed by atoms with Gasteiger partial charge in [0.25, 0.3) is 0 Å². The Morgan fingerprint density at radius 1 is 0.848 bits per heavy atom. The van der Waals surface area contributed by atoms with Crippen LogP contribution in [0.5, 0.6) is 0 Å². The number of piperidine rings is 2. The summed E-state index contributed by atoms with van der Waals surface area (Å²) < 4.78 is 0. The molecule has 7 heteroatoms. The second-order valence-corrected chi connectivity index (χ2v) is 13.3. The maximum atomic E-state index is 13.3. The lowest BCUT2D eigenvalue weighted by molar-refractivity contribution is -0.172. The van der Waals surface area contributed by atoms with Gasteiger partial charge in [-0.05, 0) is 100.0 Å². The molecule has 0 aromatic carbocycles. The molecule has 0 amide bonds. The molecule has 0 unspecified atom stereocenters. The van der Waals surface area contributed by atoms with Gasteiger partial charge in [0, 0.05) is 28.2 Å². The smallest absolute Gasteiger partial charge is 0.325 e. The maximum absolute atomic E-state index is 13.3. The van der Waals surface area contributed by atoms with Crippen molar-refractivity contribution in [3.63, 3.8) is 0 Å². The Hall–Kier alpha value is -1.18. The molecule has 4 N–H and O–H groups in total. The highest BCUT2D eigenvalue weighted by Crippen LogP contribution is 2.46. The summed E-state index contributed by atoms with van der Waals surface area (Å²) in [5, 5.41) is 28.3. The first-order valence-corrected chi connectivity index (χ1v) is 12.7. The van der Waals surface area contributed by atoms with Gasteiger partial charge in [0.15, 0.2) is 0 Å². The number of aliphatic carboxylic acids is 2. The lowest BCUT2D eigenvalue weighted by Crippen LogP contribution is -2.72. The van der Waals surface area contributed by atoms with Crippen molar-refractivity contribution in [3.05, 3.63) is 0 Å². The lowest BCUT2D eigenvalue weighted by atomic mass is 9.64. The second-order valence-electron chi connectivity index (χ2n) is 13.3. The van der Waals surface area contributed by atoms with Crippen molar-refractivity contribution < 1.29 is 19.8 Å². The number of carboxylic acids is 2. The van der Waals surface area contributed by atoms with Crippen LogP contribution in [0.15, 0.2) is 0 Å². The molecule has 0 saturated carbocycles. The minimum Gasteiger partial charge on any atom is -0.481 e.